The highest BCUT2D eigenvalue weighted by atomic mass is 16.5. The van der Waals surface area contributed by atoms with E-state index < -0.39 is 0 Å². The van der Waals surface area contributed by atoms with Crippen molar-refractivity contribution in [2.45, 2.75) is 32.2 Å². The lowest BCUT2D eigenvalue weighted by molar-refractivity contribution is 0.167. The van der Waals surface area contributed by atoms with Crippen LogP contribution < -0.4 is 10.9 Å². The number of rotatable bonds is 4. The van der Waals surface area contributed by atoms with E-state index in [0.717, 1.165) is 50.0 Å². The molecule has 2 fully saturated rings. The number of carbonyl (C=O) groups excluding carboxylic acids is 1. The lowest BCUT2D eigenvalue weighted by atomic mass is 10.1. The van der Waals surface area contributed by atoms with E-state index in [1.165, 1.54) is 6.07 Å². The third kappa shape index (κ3) is 3.54. The minimum Gasteiger partial charge on any atom is -0.423 e. The van der Waals surface area contributed by atoms with Gasteiger partial charge < -0.3 is 19.4 Å². The summed E-state index contributed by atoms with van der Waals surface area (Å²) in [5, 5.41) is 3.83. The fourth-order valence-corrected chi connectivity index (χ4v) is 3.39. The summed E-state index contributed by atoms with van der Waals surface area (Å²) in [6, 6.07) is 7.14. The van der Waals surface area contributed by atoms with Gasteiger partial charge in [-0.1, -0.05) is 0 Å². The van der Waals surface area contributed by atoms with Crippen LogP contribution in [0, 0.1) is 12.8 Å². The quantitative estimate of drug-likeness (QED) is 0.867. The van der Waals surface area contributed by atoms with Crippen molar-refractivity contribution in [2.24, 2.45) is 5.92 Å². The molecule has 2 amide bonds. The second-order valence-electron chi connectivity index (χ2n) is 7.00. The van der Waals surface area contributed by atoms with E-state index in [2.05, 4.69) is 5.32 Å². The van der Waals surface area contributed by atoms with Gasteiger partial charge in [-0.3, -0.25) is 0 Å². The highest BCUT2D eigenvalue weighted by molar-refractivity contribution is 5.93. The van der Waals surface area contributed by atoms with Gasteiger partial charge in [0, 0.05) is 48.3 Å². The third-order valence-corrected chi connectivity index (χ3v) is 4.93. The molecule has 0 radical (unpaired) electrons. The summed E-state index contributed by atoms with van der Waals surface area (Å²) in [4.78, 5) is 26.2. The molecule has 1 atom stereocenters. The molecule has 132 valence electrons. The zero-order chi connectivity index (χ0) is 17.4. The van der Waals surface area contributed by atoms with E-state index in [0.29, 0.717) is 23.2 Å². The highest BCUT2D eigenvalue weighted by Gasteiger charge is 2.34. The molecular formula is C19H22N2O4. The first-order valence-corrected chi connectivity index (χ1v) is 8.80. The number of benzene rings is 1. The van der Waals surface area contributed by atoms with Crippen molar-refractivity contribution in [2.75, 3.05) is 25.1 Å². The van der Waals surface area contributed by atoms with E-state index in [-0.39, 0.29) is 11.7 Å². The maximum absolute atomic E-state index is 12.7. The fraction of sp³-hybridized carbons (Fsp3) is 0.474. The Labute approximate surface area is 145 Å². The third-order valence-electron chi connectivity index (χ3n) is 4.93. The highest BCUT2D eigenvalue weighted by Crippen LogP contribution is 2.30. The van der Waals surface area contributed by atoms with Gasteiger partial charge in [0.25, 0.3) is 0 Å². The topological polar surface area (TPSA) is 71.8 Å². The number of nitrogens with zero attached hydrogens (tertiary/aromatic N) is 1. The second-order valence-corrected chi connectivity index (χ2v) is 7.00. The predicted octanol–water partition coefficient (Wildman–Crippen LogP) is 3.13. The number of fused-ring (bicyclic) bond motifs is 1. The Balaban J connectivity index is 1.52. The number of hydrogen-bond donors (Lipinski definition) is 1. The van der Waals surface area contributed by atoms with Gasteiger partial charge in [0.1, 0.15) is 5.58 Å². The van der Waals surface area contributed by atoms with Gasteiger partial charge in [-0.05, 0) is 43.9 Å². The number of ether oxygens (including phenoxy) is 1. The van der Waals surface area contributed by atoms with Gasteiger partial charge in [-0.15, -0.1) is 0 Å². The van der Waals surface area contributed by atoms with Crippen LogP contribution >= 0.6 is 0 Å². The van der Waals surface area contributed by atoms with Crippen LogP contribution in [-0.4, -0.2) is 36.7 Å². The first-order chi connectivity index (χ1) is 12.1. The molecule has 1 N–H and O–H groups in total. The molecule has 2 heterocycles. The van der Waals surface area contributed by atoms with Gasteiger partial charge in [-0.25, -0.2) is 9.59 Å². The molecule has 0 bridgehead atoms. The maximum atomic E-state index is 12.7. The number of nitrogens with one attached hydrogen (secondary N) is 1. The van der Waals surface area contributed by atoms with E-state index >= 15 is 0 Å². The Morgan fingerprint density at radius 3 is 2.84 bits per heavy atom. The summed E-state index contributed by atoms with van der Waals surface area (Å²) in [6.45, 7) is 4.12. The Morgan fingerprint density at radius 2 is 2.12 bits per heavy atom. The zero-order valence-electron chi connectivity index (χ0n) is 14.3. The SMILES string of the molecule is Cc1cc(=O)oc2cc(NC(=O)N(CC3CCOC3)C3CC3)ccc12. The van der Waals surface area contributed by atoms with E-state index in [9.17, 15) is 9.59 Å². The predicted molar refractivity (Wildman–Crippen MR) is 94.9 cm³/mol. The second kappa shape index (κ2) is 6.52. The minimum absolute atomic E-state index is 0.0937. The van der Waals surface area contributed by atoms with Gasteiger partial charge in [0.15, 0.2) is 0 Å². The van der Waals surface area contributed by atoms with Gasteiger partial charge >= 0.3 is 11.7 Å². The Kier molecular flexibility index (Phi) is 4.21. The average Bonchev–Trinajstić information content (AvgIpc) is 3.27. The smallest absolute Gasteiger partial charge is 0.336 e. The lowest BCUT2D eigenvalue weighted by Gasteiger charge is -2.25. The van der Waals surface area contributed by atoms with Crippen LogP contribution in [0.25, 0.3) is 11.0 Å². The molecule has 1 aliphatic carbocycles. The molecule has 1 saturated carbocycles. The molecule has 2 aromatic rings. The van der Waals surface area contributed by atoms with Crippen molar-refractivity contribution in [1.29, 1.82) is 0 Å². The molecule has 1 aromatic heterocycles. The molecule has 1 aromatic carbocycles. The normalized spacial score (nSPS) is 20.0. The summed E-state index contributed by atoms with van der Waals surface area (Å²) >= 11 is 0. The zero-order valence-corrected chi connectivity index (χ0v) is 14.3. The standard InChI is InChI=1S/C19H22N2O4/c1-12-8-18(22)25-17-9-14(2-5-16(12)17)20-19(23)21(15-3-4-15)10-13-6-7-24-11-13/h2,5,8-9,13,15H,3-4,6-7,10-11H2,1H3,(H,20,23). The van der Waals surface area contributed by atoms with Crippen LogP contribution in [-0.2, 0) is 4.74 Å². The number of amides is 2. The summed E-state index contributed by atoms with van der Waals surface area (Å²) in [5.41, 5.74) is 1.61. The fourth-order valence-electron chi connectivity index (χ4n) is 3.39. The van der Waals surface area contributed by atoms with Crippen LogP contribution in [0.1, 0.15) is 24.8 Å². The van der Waals surface area contributed by atoms with Crippen LogP contribution in [0.15, 0.2) is 33.5 Å². The number of anilines is 1. The molecule has 2 aliphatic rings. The summed E-state index contributed by atoms with van der Waals surface area (Å²) in [7, 11) is 0. The molecule has 6 heteroatoms. The maximum Gasteiger partial charge on any atom is 0.336 e. The van der Waals surface area contributed by atoms with Crippen molar-refractivity contribution in [1.82, 2.24) is 4.90 Å². The first-order valence-electron chi connectivity index (χ1n) is 8.80. The minimum atomic E-state index is -0.380. The van der Waals surface area contributed by atoms with E-state index in [1.807, 2.05) is 24.0 Å². The molecule has 1 aliphatic heterocycles. The molecular weight excluding hydrogens is 320 g/mol. The lowest BCUT2D eigenvalue weighted by Crippen LogP contribution is -2.40. The summed E-state index contributed by atoms with van der Waals surface area (Å²) < 4.78 is 10.7. The Hall–Kier alpha value is -2.34. The van der Waals surface area contributed by atoms with Crippen molar-refractivity contribution in [3.05, 3.63) is 40.2 Å². The number of hydrogen-bond acceptors (Lipinski definition) is 4. The molecule has 6 nitrogen and oxygen atoms in total. The molecule has 1 unspecified atom stereocenters. The summed E-state index contributed by atoms with van der Waals surface area (Å²) in [6.07, 6.45) is 3.14. The molecule has 25 heavy (non-hydrogen) atoms. The van der Waals surface area contributed by atoms with Crippen molar-refractivity contribution in [3.8, 4) is 0 Å². The van der Waals surface area contributed by atoms with E-state index in [1.54, 1.807) is 6.07 Å². The van der Waals surface area contributed by atoms with Crippen LogP contribution in [0.3, 0.4) is 0 Å². The van der Waals surface area contributed by atoms with Crippen LogP contribution in [0.4, 0.5) is 10.5 Å². The van der Waals surface area contributed by atoms with Gasteiger partial charge in [0.2, 0.25) is 0 Å². The first kappa shape index (κ1) is 16.1. The molecule has 0 spiro atoms. The molecule has 4 rings (SSSR count). The van der Waals surface area contributed by atoms with Crippen LogP contribution in [0.5, 0.6) is 0 Å². The van der Waals surface area contributed by atoms with Gasteiger partial charge in [0.05, 0.1) is 6.61 Å². The van der Waals surface area contributed by atoms with Crippen LogP contribution in [0.2, 0.25) is 0 Å². The molecule has 1 saturated heterocycles. The van der Waals surface area contributed by atoms with Gasteiger partial charge in [-0.2, -0.15) is 0 Å². The Morgan fingerprint density at radius 1 is 1.28 bits per heavy atom. The Bertz CT molecular complexity index is 850. The summed E-state index contributed by atoms with van der Waals surface area (Å²) in [5.74, 6) is 0.420. The monoisotopic (exact) mass is 342 g/mol. The number of aryl methyl sites for hydroxylation is 1. The van der Waals surface area contributed by atoms with E-state index in [4.69, 9.17) is 9.15 Å². The average molecular weight is 342 g/mol. The van der Waals surface area contributed by atoms with Crippen molar-refractivity contribution >= 4 is 22.7 Å². The number of carbonyl (C=O) groups is 1. The largest absolute Gasteiger partial charge is 0.423 e. The van der Waals surface area contributed by atoms with Crippen molar-refractivity contribution < 1.29 is 13.9 Å². The number of urea groups is 1. The van der Waals surface area contributed by atoms with Crippen molar-refractivity contribution in [3.63, 3.8) is 0 Å².